The molecule has 0 bridgehead atoms. The van der Waals surface area contributed by atoms with Crippen molar-refractivity contribution in [2.75, 3.05) is 23.8 Å². The second-order valence-corrected chi connectivity index (χ2v) is 10.2. The van der Waals surface area contributed by atoms with Crippen LogP contribution in [0.4, 0.5) is 11.4 Å². The zero-order valence-corrected chi connectivity index (χ0v) is 19.4. The lowest BCUT2D eigenvalue weighted by Gasteiger charge is -2.29. The number of carbonyl (C=O) groups excluding carboxylic acids is 2. The Morgan fingerprint density at radius 3 is 2.56 bits per heavy atom. The lowest BCUT2D eigenvalue weighted by molar-refractivity contribution is -0.123. The number of benzene rings is 2. The number of fused-ring (bicyclic) bond motifs is 1. The summed E-state index contributed by atoms with van der Waals surface area (Å²) in [5.74, 6) is -0.236. The van der Waals surface area contributed by atoms with Crippen LogP contribution in [0.1, 0.15) is 30.9 Å². The summed E-state index contributed by atoms with van der Waals surface area (Å²) in [6.07, 6.45) is 0.345. The van der Waals surface area contributed by atoms with Gasteiger partial charge in [-0.25, -0.2) is 8.42 Å². The van der Waals surface area contributed by atoms with Crippen molar-refractivity contribution in [1.29, 1.82) is 0 Å². The van der Waals surface area contributed by atoms with E-state index in [-0.39, 0.29) is 23.3 Å². The molecular formula is C23H27N3O5S. The summed E-state index contributed by atoms with van der Waals surface area (Å²) in [4.78, 5) is 26.7. The maximum absolute atomic E-state index is 13.6. The first-order valence-corrected chi connectivity index (χ1v) is 12.0. The van der Waals surface area contributed by atoms with Gasteiger partial charge >= 0.3 is 0 Å². The minimum Gasteiger partial charge on any atom is -0.479 e. The second kappa shape index (κ2) is 8.22. The number of amides is 2. The predicted molar refractivity (Wildman–Crippen MR) is 121 cm³/mol. The molecule has 0 spiro atoms. The van der Waals surface area contributed by atoms with Crippen molar-refractivity contribution in [3.63, 3.8) is 0 Å². The highest BCUT2D eigenvalue weighted by Crippen LogP contribution is 2.37. The van der Waals surface area contributed by atoms with E-state index in [1.54, 1.807) is 27.0 Å². The highest BCUT2D eigenvalue weighted by molar-refractivity contribution is 7.89. The van der Waals surface area contributed by atoms with Gasteiger partial charge in [0.15, 0.2) is 6.10 Å². The molecule has 1 saturated heterocycles. The van der Waals surface area contributed by atoms with Gasteiger partial charge in [-0.15, -0.1) is 0 Å². The molecule has 0 radical (unpaired) electrons. The number of aryl methyl sites for hydroxylation is 2. The van der Waals surface area contributed by atoms with E-state index in [1.807, 2.05) is 31.2 Å². The number of sulfonamides is 1. The van der Waals surface area contributed by atoms with Crippen molar-refractivity contribution in [3.05, 3.63) is 47.5 Å². The van der Waals surface area contributed by atoms with E-state index in [9.17, 15) is 18.0 Å². The van der Waals surface area contributed by atoms with E-state index in [4.69, 9.17) is 4.74 Å². The molecule has 8 nitrogen and oxygen atoms in total. The summed E-state index contributed by atoms with van der Waals surface area (Å²) in [6, 6.07) is 9.79. The number of carbonyl (C=O) groups is 2. The van der Waals surface area contributed by atoms with Crippen LogP contribution in [-0.2, 0) is 19.6 Å². The summed E-state index contributed by atoms with van der Waals surface area (Å²) in [5.41, 5.74) is 2.72. The minimum absolute atomic E-state index is 0.0808. The van der Waals surface area contributed by atoms with E-state index < -0.39 is 22.2 Å². The van der Waals surface area contributed by atoms with E-state index >= 15 is 0 Å². The number of nitrogens with one attached hydrogen (secondary N) is 1. The third-order valence-electron chi connectivity index (χ3n) is 6.04. The van der Waals surface area contributed by atoms with Gasteiger partial charge in [-0.05, 0) is 57.4 Å². The Morgan fingerprint density at radius 1 is 1.19 bits per heavy atom. The Morgan fingerprint density at radius 2 is 1.88 bits per heavy atom. The summed E-state index contributed by atoms with van der Waals surface area (Å²) < 4.78 is 34.1. The van der Waals surface area contributed by atoms with Gasteiger partial charge in [-0.3, -0.25) is 9.59 Å². The van der Waals surface area contributed by atoms with Crippen molar-refractivity contribution in [2.45, 2.75) is 50.7 Å². The molecule has 2 aromatic rings. The topological polar surface area (TPSA) is 96.0 Å². The van der Waals surface area contributed by atoms with Gasteiger partial charge in [0.1, 0.15) is 11.8 Å². The molecule has 2 amide bonds. The van der Waals surface area contributed by atoms with Gasteiger partial charge in [-0.2, -0.15) is 4.31 Å². The zero-order valence-electron chi connectivity index (χ0n) is 18.6. The van der Waals surface area contributed by atoms with Crippen LogP contribution >= 0.6 is 0 Å². The molecule has 2 aliphatic heterocycles. The minimum atomic E-state index is -3.96. The fraction of sp³-hybridized carbons (Fsp3) is 0.391. The van der Waals surface area contributed by atoms with Crippen LogP contribution in [-0.4, -0.2) is 50.3 Å². The first kappa shape index (κ1) is 22.3. The molecule has 170 valence electrons. The molecule has 2 aliphatic rings. The number of rotatable bonds is 4. The molecule has 4 rings (SSSR count). The Balaban J connectivity index is 1.65. The largest absolute Gasteiger partial charge is 0.479 e. The van der Waals surface area contributed by atoms with Crippen molar-refractivity contribution in [2.24, 2.45) is 0 Å². The van der Waals surface area contributed by atoms with Crippen LogP contribution < -0.4 is 15.0 Å². The smallest absolute Gasteiger partial charge is 0.265 e. The quantitative estimate of drug-likeness (QED) is 0.762. The number of likely N-dealkylation sites (N-methyl/N-ethyl adjacent to an activating group) is 1. The number of nitrogens with zero attached hydrogens (tertiary/aromatic N) is 2. The van der Waals surface area contributed by atoms with Crippen LogP contribution in [0.3, 0.4) is 0 Å². The fourth-order valence-corrected chi connectivity index (χ4v) is 6.02. The number of hydrogen-bond donors (Lipinski definition) is 1. The summed E-state index contributed by atoms with van der Waals surface area (Å²) in [6.45, 7) is 5.50. The standard InChI is InChI=1S/C23H27N3O5S/c1-14-7-9-17(10-8-14)25(4)23(28)19-6-5-11-26(19)32(29,30)21-13-20-18(12-15(21)2)24-22(27)16(3)31-20/h7-10,12-13,16,19H,5-6,11H2,1-4H3,(H,24,27). The van der Waals surface area contributed by atoms with E-state index in [2.05, 4.69) is 5.32 Å². The van der Waals surface area contributed by atoms with Crippen LogP contribution in [0, 0.1) is 13.8 Å². The normalized spacial score (nSPS) is 20.9. The average Bonchev–Trinajstić information content (AvgIpc) is 3.25. The monoisotopic (exact) mass is 457 g/mol. The summed E-state index contributed by atoms with van der Waals surface area (Å²) >= 11 is 0. The summed E-state index contributed by atoms with van der Waals surface area (Å²) in [7, 11) is -2.29. The average molecular weight is 458 g/mol. The van der Waals surface area contributed by atoms with Crippen LogP contribution in [0.2, 0.25) is 0 Å². The second-order valence-electron chi connectivity index (χ2n) is 8.37. The molecule has 0 aromatic heterocycles. The molecule has 2 heterocycles. The molecule has 1 N–H and O–H groups in total. The van der Waals surface area contributed by atoms with Crippen LogP contribution in [0.5, 0.6) is 5.75 Å². The zero-order chi connectivity index (χ0) is 23.2. The molecule has 0 aliphatic carbocycles. The Bertz CT molecular complexity index is 1180. The predicted octanol–water partition coefficient (Wildman–Crippen LogP) is 2.84. The van der Waals surface area contributed by atoms with Gasteiger partial charge in [0.05, 0.1) is 10.6 Å². The van der Waals surface area contributed by atoms with Crippen molar-refractivity contribution in [3.8, 4) is 5.75 Å². The molecule has 1 fully saturated rings. The van der Waals surface area contributed by atoms with Crippen molar-refractivity contribution >= 4 is 33.2 Å². The maximum atomic E-state index is 13.6. The molecule has 0 saturated carbocycles. The first-order chi connectivity index (χ1) is 15.1. The van der Waals surface area contributed by atoms with E-state index in [1.165, 1.54) is 15.3 Å². The number of hydrogen-bond acceptors (Lipinski definition) is 5. The van der Waals surface area contributed by atoms with Gasteiger partial charge in [0, 0.05) is 25.3 Å². The third kappa shape index (κ3) is 3.86. The highest BCUT2D eigenvalue weighted by atomic mass is 32.2. The van der Waals surface area contributed by atoms with E-state index in [0.717, 1.165) is 5.56 Å². The van der Waals surface area contributed by atoms with E-state index in [0.29, 0.717) is 35.5 Å². The summed E-state index contributed by atoms with van der Waals surface area (Å²) in [5, 5.41) is 2.73. The van der Waals surface area contributed by atoms with Crippen molar-refractivity contribution in [1.82, 2.24) is 4.31 Å². The third-order valence-corrected chi connectivity index (χ3v) is 8.09. The Kier molecular flexibility index (Phi) is 5.72. The maximum Gasteiger partial charge on any atom is 0.265 e. The molecule has 32 heavy (non-hydrogen) atoms. The van der Waals surface area contributed by atoms with Crippen LogP contribution in [0.15, 0.2) is 41.3 Å². The lowest BCUT2D eigenvalue weighted by atomic mass is 10.1. The molecule has 2 unspecified atom stereocenters. The lowest BCUT2D eigenvalue weighted by Crippen LogP contribution is -2.46. The Hall–Kier alpha value is -2.91. The van der Waals surface area contributed by atoms with Gasteiger partial charge in [0.2, 0.25) is 15.9 Å². The van der Waals surface area contributed by atoms with Crippen LogP contribution in [0.25, 0.3) is 0 Å². The Labute approximate surface area is 188 Å². The SMILES string of the molecule is Cc1ccc(N(C)C(=O)C2CCCN2S(=O)(=O)c2cc3c(cc2C)NC(=O)C(C)O3)cc1. The molecular weight excluding hydrogens is 430 g/mol. The van der Waals surface area contributed by atoms with Gasteiger partial charge in [0.25, 0.3) is 5.91 Å². The van der Waals surface area contributed by atoms with Gasteiger partial charge in [-0.1, -0.05) is 17.7 Å². The number of anilines is 2. The highest BCUT2D eigenvalue weighted by Gasteiger charge is 2.42. The molecule has 2 atom stereocenters. The first-order valence-electron chi connectivity index (χ1n) is 10.6. The van der Waals surface area contributed by atoms with Gasteiger partial charge < -0.3 is 15.0 Å². The molecule has 2 aromatic carbocycles. The fourth-order valence-electron chi connectivity index (χ4n) is 4.14. The van der Waals surface area contributed by atoms with Crippen molar-refractivity contribution < 1.29 is 22.7 Å². The molecule has 9 heteroatoms. The number of ether oxygens (including phenoxy) is 1.